The second kappa shape index (κ2) is 11.2. The lowest BCUT2D eigenvalue weighted by atomic mass is 10.1. The fraction of sp³-hybridized carbons (Fsp3) is 0.160. The number of carbonyl (C=O) groups excluding carboxylic acids is 2. The van der Waals surface area contributed by atoms with Gasteiger partial charge in [0.2, 0.25) is 0 Å². The van der Waals surface area contributed by atoms with E-state index in [2.05, 4.69) is 15.8 Å². The summed E-state index contributed by atoms with van der Waals surface area (Å²) < 4.78 is 10.8. The van der Waals surface area contributed by atoms with Gasteiger partial charge in [-0.15, -0.1) is 0 Å². The minimum atomic E-state index is -0.400. The summed E-state index contributed by atoms with van der Waals surface area (Å²) in [5.74, 6) is 0.263. The molecule has 0 saturated heterocycles. The average molecular weight is 466 g/mol. The molecule has 0 aliphatic rings. The number of hydrazone groups is 1. The molecule has 0 aliphatic carbocycles. The summed E-state index contributed by atoms with van der Waals surface area (Å²) in [4.78, 5) is 24.7. The van der Waals surface area contributed by atoms with Gasteiger partial charge in [0, 0.05) is 21.8 Å². The molecule has 0 aromatic heterocycles. The molecule has 170 valence electrons. The molecule has 33 heavy (non-hydrogen) atoms. The number of anilines is 1. The van der Waals surface area contributed by atoms with E-state index in [-0.39, 0.29) is 12.5 Å². The Bertz CT molecular complexity index is 1190. The van der Waals surface area contributed by atoms with Crippen molar-refractivity contribution >= 4 is 35.3 Å². The monoisotopic (exact) mass is 465 g/mol. The van der Waals surface area contributed by atoms with Gasteiger partial charge in [0.05, 0.1) is 13.3 Å². The number of hydrogen-bond acceptors (Lipinski definition) is 5. The summed E-state index contributed by atoms with van der Waals surface area (Å²) in [6.45, 7) is 3.72. The van der Waals surface area contributed by atoms with Crippen molar-refractivity contribution in [2.45, 2.75) is 13.8 Å². The lowest BCUT2D eigenvalue weighted by Crippen LogP contribution is -2.21. The van der Waals surface area contributed by atoms with Crippen LogP contribution in [0, 0.1) is 13.8 Å². The molecule has 0 atom stereocenters. The summed E-state index contributed by atoms with van der Waals surface area (Å²) in [6, 6.07) is 17.4. The predicted octanol–water partition coefficient (Wildman–Crippen LogP) is 4.75. The number of halogens is 1. The van der Waals surface area contributed by atoms with E-state index in [0.717, 1.165) is 16.8 Å². The molecule has 0 aliphatic heterocycles. The van der Waals surface area contributed by atoms with E-state index in [1.165, 1.54) is 13.3 Å². The quantitative estimate of drug-likeness (QED) is 0.371. The summed E-state index contributed by atoms with van der Waals surface area (Å²) in [5, 5.41) is 7.28. The van der Waals surface area contributed by atoms with Crippen LogP contribution in [0.5, 0.6) is 11.5 Å². The Labute approximate surface area is 197 Å². The lowest BCUT2D eigenvalue weighted by Gasteiger charge is -2.12. The number of methoxy groups -OCH3 is 1. The van der Waals surface area contributed by atoms with Gasteiger partial charge in [-0.25, -0.2) is 5.43 Å². The van der Waals surface area contributed by atoms with Crippen LogP contribution in [0.1, 0.15) is 27.0 Å². The first-order chi connectivity index (χ1) is 15.9. The van der Waals surface area contributed by atoms with Crippen molar-refractivity contribution in [2.24, 2.45) is 5.10 Å². The van der Waals surface area contributed by atoms with Gasteiger partial charge in [-0.3, -0.25) is 9.59 Å². The molecule has 2 N–H and O–H groups in total. The fourth-order valence-electron chi connectivity index (χ4n) is 3.02. The molecule has 3 rings (SSSR count). The Kier molecular flexibility index (Phi) is 8.05. The molecule has 0 spiro atoms. The molecule has 8 heteroatoms. The third-order valence-corrected chi connectivity index (χ3v) is 4.92. The molecule has 3 aromatic rings. The van der Waals surface area contributed by atoms with Crippen LogP contribution in [0.4, 0.5) is 5.69 Å². The summed E-state index contributed by atoms with van der Waals surface area (Å²) in [6.07, 6.45) is 1.40. The molecule has 0 fully saturated rings. The van der Waals surface area contributed by atoms with E-state index >= 15 is 0 Å². The molecule has 7 nitrogen and oxygen atoms in total. The minimum Gasteiger partial charge on any atom is -0.497 e. The Balaban J connectivity index is 1.63. The number of ether oxygens (including phenoxy) is 2. The first-order valence-corrected chi connectivity index (χ1v) is 10.5. The highest BCUT2D eigenvalue weighted by molar-refractivity contribution is 6.30. The maximum atomic E-state index is 12.4. The van der Waals surface area contributed by atoms with Crippen molar-refractivity contribution in [3.63, 3.8) is 0 Å². The Hall–Kier alpha value is -3.84. The van der Waals surface area contributed by atoms with Crippen molar-refractivity contribution in [1.29, 1.82) is 0 Å². The van der Waals surface area contributed by atoms with Crippen LogP contribution in [0.2, 0.25) is 5.02 Å². The average Bonchev–Trinajstić information content (AvgIpc) is 2.80. The van der Waals surface area contributed by atoms with E-state index in [4.69, 9.17) is 21.1 Å². The van der Waals surface area contributed by atoms with Crippen molar-refractivity contribution < 1.29 is 19.1 Å². The van der Waals surface area contributed by atoms with Crippen molar-refractivity contribution in [3.8, 4) is 11.5 Å². The second-order valence-electron chi connectivity index (χ2n) is 7.27. The maximum absolute atomic E-state index is 12.4. The molecular weight excluding hydrogens is 442 g/mol. The number of amides is 2. The zero-order valence-electron chi connectivity index (χ0n) is 18.5. The number of nitrogens with zero attached hydrogens (tertiary/aromatic N) is 1. The zero-order valence-corrected chi connectivity index (χ0v) is 19.3. The van der Waals surface area contributed by atoms with Crippen molar-refractivity contribution in [2.75, 3.05) is 19.0 Å². The fourth-order valence-corrected chi connectivity index (χ4v) is 3.20. The topological polar surface area (TPSA) is 89.0 Å². The highest BCUT2D eigenvalue weighted by Crippen LogP contribution is 2.22. The van der Waals surface area contributed by atoms with Gasteiger partial charge < -0.3 is 14.8 Å². The zero-order chi connectivity index (χ0) is 23.8. The molecule has 0 heterocycles. The second-order valence-corrected chi connectivity index (χ2v) is 7.70. The van der Waals surface area contributed by atoms with Crippen molar-refractivity contribution in [1.82, 2.24) is 5.43 Å². The number of aryl methyl sites for hydroxylation is 2. The number of rotatable bonds is 8. The van der Waals surface area contributed by atoms with Gasteiger partial charge in [-0.2, -0.15) is 5.10 Å². The number of benzene rings is 3. The Morgan fingerprint density at radius 2 is 1.88 bits per heavy atom. The van der Waals surface area contributed by atoms with E-state index < -0.39 is 5.91 Å². The van der Waals surface area contributed by atoms with Crippen LogP contribution >= 0.6 is 11.6 Å². The summed E-state index contributed by atoms with van der Waals surface area (Å²) >= 11 is 6.09. The molecule has 0 unspecified atom stereocenters. The first-order valence-electron chi connectivity index (χ1n) is 10.1. The maximum Gasteiger partial charge on any atom is 0.271 e. The summed E-state index contributed by atoms with van der Waals surface area (Å²) in [7, 11) is 1.53. The Morgan fingerprint density at radius 1 is 1.06 bits per heavy atom. The van der Waals surface area contributed by atoms with Crippen LogP contribution in [-0.4, -0.2) is 31.7 Å². The van der Waals surface area contributed by atoms with Gasteiger partial charge >= 0.3 is 0 Å². The highest BCUT2D eigenvalue weighted by Gasteiger charge is 2.10. The van der Waals surface area contributed by atoms with E-state index in [1.807, 2.05) is 32.0 Å². The van der Waals surface area contributed by atoms with Crippen LogP contribution in [0.15, 0.2) is 65.8 Å². The number of carbonyl (C=O) groups is 2. The normalized spacial score (nSPS) is 10.7. The predicted molar refractivity (Wildman–Crippen MR) is 130 cm³/mol. The van der Waals surface area contributed by atoms with E-state index in [0.29, 0.717) is 27.6 Å². The van der Waals surface area contributed by atoms with Crippen LogP contribution in [0.3, 0.4) is 0 Å². The van der Waals surface area contributed by atoms with Crippen LogP contribution < -0.4 is 20.2 Å². The van der Waals surface area contributed by atoms with Gasteiger partial charge in [0.25, 0.3) is 11.8 Å². The van der Waals surface area contributed by atoms with Gasteiger partial charge in [-0.05, 0) is 61.9 Å². The van der Waals surface area contributed by atoms with Crippen LogP contribution in [0.25, 0.3) is 0 Å². The molecule has 2 amide bonds. The third kappa shape index (κ3) is 6.82. The molecule has 0 radical (unpaired) electrons. The first kappa shape index (κ1) is 23.8. The van der Waals surface area contributed by atoms with E-state index in [9.17, 15) is 9.59 Å². The largest absolute Gasteiger partial charge is 0.497 e. The van der Waals surface area contributed by atoms with E-state index in [1.54, 1.807) is 42.5 Å². The smallest absolute Gasteiger partial charge is 0.271 e. The highest BCUT2D eigenvalue weighted by atomic mass is 35.5. The van der Waals surface area contributed by atoms with Gasteiger partial charge in [0.1, 0.15) is 11.5 Å². The van der Waals surface area contributed by atoms with Crippen molar-refractivity contribution in [3.05, 3.63) is 87.9 Å². The SMILES string of the molecule is COc1cccc(C(=O)N/N=C/c2cc(Cl)ccc2OCC(=O)Nc2ccc(C)cc2C)c1. The molecule has 0 bridgehead atoms. The third-order valence-electron chi connectivity index (χ3n) is 4.69. The number of nitrogens with one attached hydrogen (secondary N) is 2. The Morgan fingerprint density at radius 3 is 2.64 bits per heavy atom. The lowest BCUT2D eigenvalue weighted by molar-refractivity contribution is -0.118. The van der Waals surface area contributed by atoms with Gasteiger partial charge in [-0.1, -0.05) is 35.4 Å². The minimum absolute atomic E-state index is 0.202. The standard InChI is InChI=1S/C25H24ClN3O4/c1-16-7-9-22(17(2)11-16)28-24(30)15-33-23-10-8-20(26)12-19(23)14-27-29-25(31)18-5-4-6-21(13-18)32-3/h4-14H,15H2,1-3H3,(H,28,30)(H,29,31)/b27-14+. The molecule has 3 aromatic carbocycles. The van der Waals surface area contributed by atoms with Gasteiger partial charge in [0.15, 0.2) is 6.61 Å². The summed E-state index contributed by atoms with van der Waals surface area (Å²) in [5.41, 5.74) is 6.17. The molecule has 0 saturated carbocycles. The number of hydrogen-bond donors (Lipinski definition) is 2. The van der Waals surface area contributed by atoms with Crippen LogP contribution in [-0.2, 0) is 4.79 Å². The molecular formula is C25H24ClN3O4.